The van der Waals surface area contributed by atoms with Gasteiger partial charge in [0.25, 0.3) is 0 Å². The minimum atomic E-state index is -0.828. The van der Waals surface area contributed by atoms with Gasteiger partial charge in [-0.3, -0.25) is 9.78 Å². The standard InChI is InChI=1S/C33H35ClFN5O4/c1-5-28(41)24-17-36-27-10-8-19(20-14-25(34)31(42)26(35)15-20)13-23(27)30(24)38-21-9-11-29(37-16-21)40-12-6-7-22(18-40)39-32(43)44-33(2,3)4/h8-11,13-17,22,42H,5-7,12,18H2,1-4H3,(H,36,38)(H,39,43). The zero-order chi connectivity index (χ0) is 31.6. The number of ketones is 1. The Hall–Kier alpha value is -4.44. The molecule has 9 nitrogen and oxygen atoms in total. The van der Waals surface area contributed by atoms with E-state index in [9.17, 15) is 19.1 Å². The third-order valence-electron chi connectivity index (χ3n) is 7.32. The number of ether oxygens (including phenoxy) is 1. The third-order valence-corrected chi connectivity index (χ3v) is 7.61. The SMILES string of the molecule is CCC(=O)c1cnc2ccc(-c3cc(F)c(O)c(Cl)c3)cc2c1Nc1ccc(N2CCCC(NC(=O)OC(C)(C)C)C2)nc1. The van der Waals surface area contributed by atoms with Gasteiger partial charge >= 0.3 is 6.09 Å². The number of nitrogens with one attached hydrogen (secondary N) is 2. The third kappa shape index (κ3) is 7.02. The normalized spacial score (nSPS) is 15.2. The van der Waals surface area contributed by atoms with Crippen LogP contribution in [0.15, 0.2) is 54.9 Å². The summed E-state index contributed by atoms with van der Waals surface area (Å²) in [5.41, 5.74) is 2.82. The highest BCUT2D eigenvalue weighted by molar-refractivity contribution is 6.32. The number of benzene rings is 2. The van der Waals surface area contributed by atoms with Gasteiger partial charge < -0.3 is 25.4 Å². The topological polar surface area (TPSA) is 117 Å². The van der Waals surface area contributed by atoms with Gasteiger partial charge in [0.1, 0.15) is 11.4 Å². The fourth-order valence-electron chi connectivity index (χ4n) is 5.21. The summed E-state index contributed by atoms with van der Waals surface area (Å²) in [7, 11) is 0. The molecule has 0 spiro atoms. The molecule has 1 fully saturated rings. The number of amides is 1. The second-order valence-electron chi connectivity index (χ2n) is 11.8. The molecule has 0 saturated carbocycles. The van der Waals surface area contributed by atoms with E-state index in [4.69, 9.17) is 16.3 Å². The van der Waals surface area contributed by atoms with Crippen LogP contribution in [0.1, 0.15) is 57.3 Å². The number of phenols is 1. The van der Waals surface area contributed by atoms with E-state index in [1.54, 1.807) is 31.5 Å². The lowest BCUT2D eigenvalue weighted by molar-refractivity contribution is 0.0499. The Morgan fingerprint density at radius 3 is 2.59 bits per heavy atom. The molecule has 44 heavy (non-hydrogen) atoms. The van der Waals surface area contributed by atoms with Gasteiger partial charge in [0.2, 0.25) is 0 Å². The molecular formula is C33H35ClFN5O4. The van der Waals surface area contributed by atoms with Gasteiger partial charge in [-0.2, -0.15) is 0 Å². The smallest absolute Gasteiger partial charge is 0.407 e. The number of anilines is 3. The molecular weight excluding hydrogens is 585 g/mol. The second-order valence-corrected chi connectivity index (χ2v) is 12.2. The number of piperidine rings is 1. The van der Waals surface area contributed by atoms with Crippen LogP contribution in [0, 0.1) is 5.82 Å². The van der Waals surface area contributed by atoms with Gasteiger partial charge in [-0.25, -0.2) is 14.2 Å². The van der Waals surface area contributed by atoms with Crippen molar-refractivity contribution in [1.82, 2.24) is 15.3 Å². The van der Waals surface area contributed by atoms with E-state index in [0.29, 0.717) is 45.5 Å². The molecule has 1 unspecified atom stereocenters. The second kappa shape index (κ2) is 12.7. The van der Waals surface area contributed by atoms with Crippen molar-refractivity contribution in [3.05, 3.63) is 71.3 Å². The number of hydrogen-bond donors (Lipinski definition) is 3. The summed E-state index contributed by atoms with van der Waals surface area (Å²) < 4.78 is 19.7. The van der Waals surface area contributed by atoms with Crippen LogP contribution in [0.5, 0.6) is 5.75 Å². The minimum Gasteiger partial charge on any atom is -0.504 e. The number of carbonyl (C=O) groups is 2. The Balaban J connectivity index is 1.41. The van der Waals surface area contributed by atoms with Crippen LogP contribution in [0.4, 0.5) is 26.4 Å². The number of phenolic OH excluding ortho intramolecular Hbond substituents is 1. The molecule has 3 N–H and O–H groups in total. The maximum absolute atomic E-state index is 14.3. The van der Waals surface area contributed by atoms with Crippen molar-refractivity contribution in [2.75, 3.05) is 23.3 Å². The molecule has 0 aliphatic carbocycles. The highest BCUT2D eigenvalue weighted by atomic mass is 35.5. The summed E-state index contributed by atoms with van der Waals surface area (Å²) in [4.78, 5) is 36.5. The molecule has 0 radical (unpaired) electrons. The van der Waals surface area contributed by atoms with Gasteiger partial charge in [-0.15, -0.1) is 0 Å². The fourth-order valence-corrected chi connectivity index (χ4v) is 5.42. The van der Waals surface area contributed by atoms with E-state index in [-0.39, 0.29) is 23.3 Å². The molecule has 2 aromatic heterocycles. The summed E-state index contributed by atoms with van der Waals surface area (Å²) in [5.74, 6) is -0.756. The summed E-state index contributed by atoms with van der Waals surface area (Å²) in [6.07, 6.45) is 4.85. The Kier molecular flexibility index (Phi) is 8.92. The van der Waals surface area contributed by atoms with E-state index >= 15 is 0 Å². The highest BCUT2D eigenvalue weighted by Gasteiger charge is 2.25. The molecule has 2 aromatic carbocycles. The zero-order valence-electron chi connectivity index (χ0n) is 25.1. The molecule has 1 amide bonds. The molecule has 0 bridgehead atoms. The van der Waals surface area contributed by atoms with Crippen molar-refractivity contribution >= 4 is 51.6 Å². The van der Waals surface area contributed by atoms with Crippen molar-refractivity contribution in [1.29, 1.82) is 0 Å². The number of aromatic hydroxyl groups is 1. The summed E-state index contributed by atoms with van der Waals surface area (Å²) in [6.45, 7) is 8.70. The molecule has 4 aromatic rings. The number of aromatic nitrogens is 2. The van der Waals surface area contributed by atoms with E-state index in [2.05, 4.69) is 25.5 Å². The largest absolute Gasteiger partial charge is 0.504 e. The number of pyridine rings is 2. The molecule has 5 rings (SSSR count). The molecule has 230 valence electrons. The molecule has 1 atom stereocenters. The molecule has 1 aliphatic rings. The average Bonchev–Trinajstić information content (AvgIpc) is 2.98. The van der Waals surface area contributed by atoms with Crippen LogP contribution >= 0.6 is 11.6 Å². The first-order valence-corrected chi connectivity index (χ1v) is 14.9. The van der Waals surface area contributed by atoms with Gasteiger partial charge in [0.05, 0.1) is 33.7 Å². The summed E-state index contributed by atoms with van der Waals surface area (Å²) in [6, 6.07) is 11.8. The summed E-state index contributed by atoms with van der Waals surface area (Å²) >= 11 is 6.04. The maximum atomic E-state index is 14.3. The Morgan fingerprint density at radius 2 is 1.91 bits per heavy atom. The van der Waals surface area contributed by atoms with Crippen molar-refractivity contribution < 1.29 is 23.8 Å². The van der Waals surface area contributed by atoms with Crippen molar-refractivity contribution in [3.63, 3.8) is 0 Å². The first kappa shape index (κ1) is 31.0. The van der Waals surface area contributed by atoms with Gasteiger partial charge in [0.15, 0.2) is 17.3 Å². The predicted octanol–water partition coefficient (Wildman–Crippen LogP) is 7.62. The number of halogens is 2. The van der Waals surface area contributed by atoms with Crippen LogP contribution in [-0.4, -0.2) is 51.7 Å². The van der Waals surface area contributed by atoms with Crippen LogP contribution in [-0.2, 0) is 4.74 Å². The number of hydrogen-bond acceptors (Lipinski definition) is 8. The Morgan fingerprint density at radius 1 is 1.11 bits per heavy atom. The zero-order valence-corrected chi connectivity index (χ0v) is 25.8. The molecule has 11 heteroatoms. The van der Waals surface area contributed by atoms with Crippen LogP contribution in [0.25, 0.3) is 22.0 Å². The summed E-state index contributed by atoms with van der Waals surface area (Å²) in [5, 5.41) is 16.7. The van der Waals surface area contributed by atoms with E-state index in [1.807, 2.05) is 39.0 Å². The Labute approximate surface area is 260 Å². The van der Waals surface area contributed by atoms with Crippen molar-refractivity contribution in [2.45, 2.75) is 58.6 Å². The minimum absolute atomic E-state index is 0.0601. The van der Waals surface area contributed by atoms with Crippen molar-refractivity contribution in [3.8, 4) is 16.9 Å². The number of rotatable bonds is 7. The number of nitrogens with zero attached hydrogens (tertiary/aromatic N) is 3. The van der Waals surface area contributed by atoms with Gasteiger partial charge in [0, 0.05) is 37.1 Å². The fraction of sp³-hybridized carbons (Fsp3) is 0.333. The lowest BCUT2D eigenvalue weighted by Crippen LogP contribution is -2.49. The average molecular weight is 620 g/mol. The number of Topliss-reactive ketones (excluding diaryl/α,β-unsaturated/α-hetero) is 1. The Bertz CT molecular complexity index is 1680. The van der Waals surface area contributed by atoms with Crippen LogP contribution in [0.3, 0.4) is 0 Å². The lowest BCUT2D eigenvalue weighted by Gasteiger charge is -2.34. The molecule has 3 heterocycles. The predicted molar refractivity (Wildman–Crippen MR) is 171 cm³/mol. The maximum Gasteiger partial charge on any atom is 0.407 e. The monoisotopic (exact) mass is 619 g/mol. The van der Waals surface area contributed by atoms with Crippen LogP contribution in [0.2, 0.25) is 5.02 Å². The number of carbonyl (C=O) groups excluding carboxylic acids is 2. The van der Waals surface area contributed by atoms with Crippen LogP contribution < -0.4 is 15.5 Å². The van der Waals surface area contributed by atoms with Crippen molar-refractivity contribution in [2.24, 2.45) is 0 Å². The van der Waals surface area contributed by atoms with Gasteiger partial charge in [-0.05, 0) is 81.1 Å². The highest BCUT2D eigenvalue weighted by Crippen LogP contribution is 2.36. The van der Waals surface area contributed by atoms with E-state index in [1.165, 1.54) is 12.1 Å². The molecule has 1 aliphatic heterocycles. The lowest BCUT2D eigenvalue weighted by atomic mass is 9.99. The van der Waals surface area contributed by atoms with E-state index < -0.39 is 23.3 Å². The molecule has 1 saturated heterocycles. The first-order valence-electron chi connectivity index (χ1n) is 14.5. The first-order chi connectivity index (χ1) is 20.9. The quantitative estimate of drug-likeness (QED) is 0.181. The van der Waals surface area contributed by atoms with Gasteiger partial charge in [-0.1, -0.05) is 24.6 Å². The number of fused-ring (bicyclic) bond motifs is 1. The number of alkyl carbamates (subject to hydrolysis) is 1. The van der Waals surface area contributed by atoms with E-state index in [0.717, 1.165) is 25.2 Å².